The highest BCUT2D eigenvalue weighted by Crippen LogP contribution is 2.15. The smallest absolute Gasteiger partial charge is 0.307 e. The molecule has 0 aromatic carbocycles. The summed E-state index contributed by atoms with van der Waals surface area (Å²) in [5.74, 6) is -0.229. The number of hydrogen-bond acceptors (Lipinski definition) is 1. The number of aliphatic carboxylic acids is 1. The summed E-state index contributed by atoms with van der Waals surface area (Å²) in [7, 11) is 0. The van der Waals surface area contributed by atoms with Crippen molar-refractivity contribution >= 4 is 5.97 Å². The van der Waals surface area contributed by atoms with Crippen molar-refractivity contribution in [3.63, 3.8) is 0 Å². The Kier molecular flexibility index (Phi) is 5.43. The number of hydrogen-bond donors (Lipinski definition) is 1. The summed E-state index contributed by atoms with van der Waals surface area (Å²) < 4.78 is 0. The van der Waals surface area contributed by atoms with Gasteiger partial charge in [-0.15, -0.1) is 0 Å². The van der Waals surface area contributed by atoms with Crippen molar-refractivity contribution in [3.05, 3.63) is 11.6 Å². The second-order valence-corrected chi connectivity index (χ2v) is 3.24. The molecule has 0 aliphatic heterocycles. The molecule has 0 aromatic heterocycles. The fourth-order valence-corrected chi connectivity index (χ4v) is 1.11. The van der Waals surface area contributed by atoms with Crippen LogP contribution in [0.3, 0.4) is 0 Å². The first kappa shape index (κ1) is 11.2. The van der Waals surface area contributed by atoms with Crippen LogP contribution in [0.2, 0.25) is 0 Å². The van der Waals surface area contributed by atoms with Gasteiger partial charge in [0.05, 0.1) is 6.42 Å². The van der Waals surface area contributed by atoms with E-state index in [0.717, 1.165) is 12.8 Å². The van der Waals surface area contributed by atoms with E-state index < -0.39 is 5.97 Å². The minimum atomic E-state index is -0.752. The summed E-state index contributed by atoms with van der Waals surface area (Å²) >= 11 is 0. The van der Waals surface area contributed by atoms with Crippen molar-refractivity contribution in [1.29, 1.82) is 0 Å². The van der Waals surface area contributed by atoms with E-state index in [2.05, 4.69) is 13.8 Å². The number of carboxylic acid groups (broad SMARTS) is 1. The molecular formula is C10H18O2. The fraction of sp³-hybridized carbons (Fsp3) is 0.700. The molecule has 0 aromatic rings. The first-order valence-electron chi connectivity index (χ1n) is 4.46. The zero-order valence-corrected chi connectivity index (χ0v) is 8.13. The lowest BCUT2D eigenvalue weighted by molar-refractivity contribution is -0.136. The Labute approximate surface area is 74.3 Å². The van der Waals surface area contributed by atoms with Crippen molar-refractivity contribution < 1.29 is 9.90 Å². The van der Waals surface area contributed by atoms with Gasteiger partial charge in [0.2, 0.25) is 0 Å². The Balaban J connectivity index is 3.89. The summed E-state index contributed by atoms with van der Waals surface area (Å²) in [6.07, 6.45) is 4.25. The molecular weight excluding hydrogens is 152 g/mol. The summed E-state index contributed by atoms with van der Waals surface area (Å²) in [6.45, 7) is 6.28. The lowest BCUT2D eigenvalue weighted by Crippen LogP contribution is -1.98. The standard InChI is InChI=1S/C10H18O2/c1-4-5-8(2)9(3)6-7-10(11)12/h6,8H,4-5,7H2,1-3H3,(H,11,12). The van der Waals surface area contributed by atoms with E-state index in [-0.39, 0.29) is 6.42 Å². The first-order valence-corrected chi connectivity index (χ1v) is 4.46. The van der Waals surface area contributed by atoms with Crippen LogP contribution in [0.4, 0.5) is 0 Å². The van der Waals surface area contributed by atoms with E-state index in [9.17, 15) is 4.79 Å². The molecule has 1 unspecified atom stereocenters. The second-order valence-electron chi connectivity index (χ2n) is 3.24. The highest BCUT2D eigenvalue weighted by molar-refractivity contribution is 5.68. The molecule has 0 heterocycles. The van der Waals surface area contributed by atoms with Crippen LogP contribution in [-0.2, 0) is 4.79 Å². The van der Waals surface area contributed by atoms with Gasteiger partial charge in [-0.3, -0.25) is 4.79 Å². The van der Waals surface area contributed by atoms with Gasteiger partial charge >= 0.3 is 5.97 Å². The van der Waals surface area contributed by atoms with E-state index >= 15 is 0 Å². The van der Waals surface area contributed by atoms with Crippen molar-refractivity contribution in [2.75, 3.05) is 0 Å². The second kappa shape index (κ2) is 5.81. The minimum Gasteiger partial charge on any atom is -0.481 e. The van der Waals surface area contributed by atoms with Gasteiger partial charge in [0.1, 0.15) is 0 Å². The maximum absolute atomic E-state index is 10.2. The summed E-state index contributed by atoms with van der Waals surface area (Å²) in [5.41, 5.74) is 1.19. The van der Waals surface area contributed by atoms with Gasteiger partial charge in [0, 0.05) is 0 Å². The highest BCUT2D eigenvalue weighted by atomic mass is 16.4. The molecule has 0 aliphatic carbocycles. The van der Waals surface area contributed by atoms with Crippen LogP contribution in [0.15, 0.2) is 11.6 Å². The number of carbonyl (C=O) groups is 1. The van der Waals surface area contributed by atoms with E-state index in [1.54, 1.807) is 0 Å². The van der Waals surface area contributed by atoms with Gasteiger partial charge in [-0.25, -0.2) is 0 Å². The number of allylic oxidation sites excluding steroid dienone is 1. The Hall–Kier alpha value is -0.790. The van der Waals surface area contributed by atoms with Crippen molar-refractivity contribution in [2.45, 2.75) is 40.0 Å². The molecule has 1 N–H and O–H groups in total. The van der Waals surface area contributed by atoms with E-state index in [1.165, 1.54) is 5.57 Å². The molecule has 0 spiro atoms. The topological polar surface area (TPSA) is 37.3 Å². The molecule has 0 rings (SSSR count). The molecule has 0 radical (unpaired) electrons. The Morgan fingerprint density at radius 2 is 2.17 bits per heavy atom. The molecule has 0 amide bonds. The van der Waals surface area contributed by atoms with Gasteiger partial charge in [-0.05, 0) is 19.3 Å². The molecule has 0 saturated carbocycles. The predicted octanol–water partition coefficient (Wildman–Crippen LogP) is 2.84. The third-order valence-electron chi connectivity index (χ3n) is 2.10. The highest BCUT2D eigenvalue weighted by Gasteiger charge is 2.02. The first-order chi connectivity index (χ1) is 5.57. The maximum atomic E-state index is 10.2. The summed E-state index contributed by atoms with van der Waals surface area (Å²) in [5, 5.41) is 8.43. The van der Waals surface area contributed by atoms with Crippen LogP contribution in [0.25, 0.3) is 0 Å². The lowest BCUT2D eigenvalue weighted by atomic mass is 9.97. The molecule has 0 bridgehead atoms. The van der Waals surface area contributed by atoms with Gasteiger partial charge in [0.15, 0.2) is 0 Å². The predicted molar refractivity (Wildman–Crippen MR) is 50.1 cm³/mol. The molecule has 12 heavy (non-hydrogen) atoms. The van der Waals surface area contributed by atoms with Crippen molar-refractivity contribution in [3.8, 4) is 0 Å². The molecule has 70 valence electrons. The third kappa shape index (κ3) is 4.94. The summed E-state index contributed by atoms with van der Waals surface area (Å²) in [6, 6.07) is 0. The molecule has 0 aliphatic rings. The minimum absolute atomic E-state index is 0.153. The third-order valence-corrected chi connectivity index (χ3v) is 2.10. The quantitative estimate of drug-likeness (QED) is 0.644. The van der Waals surface area contributed by atoms with E-state index in [4.69, 9.17) is 5.11 Å². The van der Waals surface area contributed by atoms with E-state index in [0.29, 0.717) is 5.92 Å². The van der Waals surface area contributed by atoms with Crippen molar-refractivity contribution in [2.24, 2.45) is 5.92 Å². The van der Waals surface area contributed by atoms with E-state index in [1.807, 2.05) is 13.0 Å². The Morgan fingerprint density at radius 1 is 1.58 bits per heavy atom. The summed E-state index contributed by atoms with van der Waals surface area (Å²) in [4.78, 5) is 10.2. The van der Waals surface area contributed by atoms with Gasteiger partial charge < -0.3 is 5.11 Å². The molecule has 0 fully saturated rings. The monoisotopic (exact) mass is 170 g/mol. The molecule has 2 nitrogen and oxygen atoms in total. The fourth-order valence-electron chi connectivity index (χ4n) is 1.11. The average Bonchev–Trinajstić information content (AvgIpc) is 2.00. The Bertz CT molecular complexity index is 171. The van der Waals surface area contributed by atoms with Gasteiger partial charge in [-0.1, -0.05) is 31.9 Å². The van der Waals surface area contributed by atoms with Crippen LogP contribution in [0, 0.1) is 5.92 Å². The zero-order valence-electron chi connectivity index (χ0n) is 8.13. The van der Waals surface area contributed by atoms with Crippen LogP contribution >= 0.6 is 0 Å². The van der Waals surface area contributed by atoms with Gasteiger partial charge in [-0.2, -0.15) is 0 Å². The molecule has 1 atom stereocenters. The van der Waals surface area contributed by atoms with Gasteiger partial charge in [0.25, 0.3) is 0 Å². The Morgan fingerprint density at radius 3 is 2.58 bits per heavy atom. The van der Waals surface area contributed by atoms with Crippen molar-refractivity contribution in [1.82, 2.24) is 0 Å². The normalized spacial score (nSPS) is 14.4. The number of carboxylic acids is 1. The lowest BCUT2D eigenvalue weighted by Gasteiger charge is -2.09. The van der Waals surface area contributed by atoms with Crippen LogP contribution in [0.1, 0.15) is 40.0 Å². The maximum Gasteiger partial charge on any atom is 0.307 e. The average molecular weight is 170 g/mol. The SMILES string of the molecule is CCCC(C)C(C)=CCC(=O)O. The van der Waals surface area contributed by atoms with Crippen LogP contribution in [-0.4, -0.2) is 11.1 Å². The molecule has 2 heteroatoms. The molecule has 0 saturated heterocycles. The largest absolute Gasteiger partial charge is 0.481 e. The van der Waals surface area contributed by atoms with Crippen LogP contribution < -0.4 is 0 Å². The number of rotatable bonds is 5. The van der Waals surface area contributed by atoms with Crippen LogP contribution in [0.5, 0.6) is 0 Å². The zero-order chi connectivity index (χ0) is 9.56.